The maximum absolute atomic E-state index is 12.0. The Balaban J connectivity index is 1.79. The number of nitrogens with one attached hydrogen (secondary N) is 3. The van der Waals surface area contributed by atoms with Crippen LogP contribution in [0.2, 0.25) is 0 Å². The predicted octanol–water partition coefficient (Wildman–Crippen LogP) is 2.16. The first-order chi connectivity index (χ1) is 11.5. The van der Waals surface area contributed by atoms with Crippen LogP contribution < -0.4 is 15.4 Å². The molecule has 0 radical (unpaired) electrons. The van der Waals surface area contributed by atoms with Gasteiger partial charge in [0, 0.05) is 26.2 Å². The molecule has 0 atom stereocenters. The van der Waals surface area contributed by atoms with Gasteiger partial charge in [-0.15, -0.1) is 11.3 Å². The van der Waals surface area contributed by atoms with Crippen LogP contribution in [0.3, 0.4) is 0 Å². The van der Waals surface area contributed by atoms with Crippen LogP contribution >= 0.6 is 11.3 Å². The number of nitrogens with zero attached hydrogens (tertiary/aromatic N) is 1. The quantitative estimate of drug-likeness (QED) is 0.352. The van der Waals surface area contributed by atoms with Crippen LogP contribution in [0, 0.1) is 5.41 Å². The fraction of sp³-hybridized carbons (Fsp3) is 0.688. The summed E-state index contributed by atoms with van der Waals surface area (Å²) in [6.45, 7) is 6.69. The third kappa shape index (κ3) is 5.19. The van der Waals surface area contributed by atoms with E-state index in [1.807, 2.05) is 6.92 Å². The first kappa shape index (κ1) is 19.2. The highest BCUT2D eigenvalue weighted by molar-refractivity contribution is 7.91. The van der Waals surface area contributed by atoms with Gasteiger partial charge in [-0.05, 0) is 43.0 Å². The number of hydrogen-bond donors (Lipinski definition) is 3. The normalized spacial score (nSPS) is 17.3. The fourth-order valence-corrected chi connectivity index (χ4v) is 4.81. The zero-order valence-corrected chi connectivity index (χ0v) is 16.1. The Bertz CT molecular complexity index is 617. The second-order valence-electron chi connectivity index (χ2n) is 6.16. The maximum Gasteiger partial charge on any atom is 0.250 e. The summed E-state index contributed by atoms with van der Waals surface area (Å²) < 4.78 is 27.0. The van der Waals surface area contributed by atoms with Crippen LogP contribution in [0.25, 0.3) is 0 Å². The lowest BCUT2D eigenvalue weighted by atomic mass is 9.67. The van der Waals surface area contributed by atoms with Gasteiger partial charge in [-0.2, -0.15) is 0 Å². The van der Waals surface area contributed by atoms with Gasteiger partial charge in [0.15, 0.2) is 5.96 Å². The highest BCUT2D eigenvalue weighted by atomic mass is 32.2. The highest BCUT2D eigenvalue weighted by Crippen LogP contribution is 2.43. The smallest absolute Gasteiger partial charge is 0.250 e. The van der Waals surface area contributed by atoms with Gasteiger partial charge in [-0.1, -0.05) is 19.4 Å². The SMILES string of the molecule is CCNC(=NCC1(CC)CCC1)NCCNS(=O)(=O)c1cccs1. The summed E-state index contributed by atoms with van der Waals surface area (Å²) in [6, 6.07) is 3.34. The molecule has 1 aliphatic carbocycles. The summed E-state index contributed by atoms with van der Waals surface area (Å²) in [6.07, 6.45) is 4.98. The molecule has 8 heteroatoms. The van der Waals surface area contributed by atoms with Crippen molar-refractivity contribution in [2.24, 2.45) is 10.4 Å². The van der Waals surface area contributed by atoms with Gasteiger partial charge in [0.1, 0.15) is 4.21 Å². The van der Waals surface area contributed by atoms with E-state index in [1.165, 1.54) is 30.6 Å². The molecule has 1 fully saturated rings. The van der Waals surface area contributed by atoms with Crippen molar-refractivity contribution in [2.45, 2.75) is 43.7 Å². The van der Waals surface area contributed by atoms with Crippen LogP contribution in [-0.4, -0.2) is 40.6 Å². The summed E-state index contributed by atoms with van der Waals surface area (Å²) in [5.41, 5.74) is 0.378. The molecule has 1 heterocycles. The highest BCUT2D eigenvalue weighted by Gasteiger charge is 2.34. The molecule has 0 aliphatic heterocycles. The molecular weight excluding hydrogens is 344 g/mol. The number of rotatable bonds is 9. The summed E-state index contributed by atoms with van der Waals surface area (Å²) in [4.78, 5) is 4.68. The molecule has 2 rings (SSSR count). The van der Waals surface area contributed by atoms with E-state index in [2.05, 4.69) is 27.3 Å². The van der Waals surface area contributed by atoms with Gasteiger partial charge in [-0.3, -0.25) is 4.99 Å². The standard InChI is InChI=1S/C16H28N4O2S2/c1-3-16(8-6-9-16)13-19-15(17-4-2)18-10-11-20-24(21,22)14-7-5-12-23-14/h5,7,12,20H,3-4,6,8-11,13H2,1-2H3,(H2,17,18,19). The van der Waals surface area contributed by atoms with E-state index >= 15 is 0 Å². The molecule has 1 aliphatic rings. The molecule has 0 spiro atoms. The van der Waals surface area contributed by atoms with Crippen LogP contribution in [0.4, 0.5) is 0 Å². The van der Waals surface area contributed by atoms with Gasteiger partial charge in [0.25, 0.3) is 0 Å². The van der Waals surface area contributed by atoms with Crippen molar-refractivity contribution in [3.8, 4) is 0 Å². The minimum Gasteiger partial charge on any atom is -0.357 e. The molecule has 0 bridgehead atoms. The average Bonchev–Trinajstić information content (AvgIpc) is 3.06. The van der Waals surface area contributed by atoms with Crippen molar-refractivity contribution in [3.05, 3.63) is 17.5 Å². The van der Waals surface area contributed by atoms with E-state index in [0.29, 0.717) is 22.7 Å². The third-order valence-electron chi connectivity index (χ3n) is 4.55. The van der Waals surface area contributed by atoms with Crippen molar-refractivity contribution in [3.63, 3.8) is 0 Å². The van der Waals surface area contributed by atoms with E-state index in [9.17, 15) is 8.42 Å². The number of thiophene rings is 1. The lowest BCUT2D eigenvalue weighted by Crippen LogP contribution is -2.42. The van der Waals surface area contributed by atoms with E-state index in [0.717, 1.165) is 25.5 Å². The van der Waals surface area contributed by atoms with Gasteiger partial charge in [0.05, 0.1) is 0 Å². The van der Waals surface area contributed by atoms with Crippen LogP contribution in [-0.2, 0) is 10.0 Å². The number of guanidine groups is 1. The number of sulfonamides is 1. The van der Waals surface area contributed by atoms with Gasteiger partial charge in [0.2, 0.25) is 10.0 Å². The molecule has 0 aromatic carbocycles. The molecule has 1 aromatic rings. The molecular formula is C16H28N4O2S2. The van der Waals surface area contributed by atoms with E-state index in [-0.39, 0.29) is 0 Å². The Hall–Kier alpha value is -1.12. The van der Waals surface area contributed by atoms with Crippen molar-refractivity contribution >= 4 is 27.3 Å². The summed E-state index contributed by atoms with van der Waals surface area (Å²) in [5.74, 6) is 0.757. The predicted molar refractivity (Wildman–Crippen MR) is 100 cm³/mol. The summed E-state index contributed by atoms with van der Waals surface area (Å²) in [5, 5.41) is 8.17. The Kier molecular flexibility index (Phi) is 7.06. The molecule has 0 amide bonds. The molecule has 3 N–H and O–H groups in total. The third-order valence-corrected chi connectivity index (χ3v) is 7.41. The topological polar surface area (TPSA) is 82.6 Å². The van der Waals surface area contributed by atoms with Crippen LogP contribution in [0.5, 0.6) is 0 Å². The molecule has 1 saturated carbocycles. The van der Waals surface area contributed by atoms with E-state index in [4.69, 9.17) is 0 Å². The Morgan fingerprint density at radius 2 is 2.08 bits per heavy atom. The second kappa shape index (κ2) is 8.82. The molecule has 0 unspecified atom stereocenters. The van der Waals surface area contributed by atoms with Crippen molar-refractivity contribution < 1.29 is 8.42 Å². The van der Waals surface area contributed by atoms with E-state index < -0.39 is 10.0 Å². The fourth-order valence-electron chi connectivity index (χ4n) is 2.74. The van der Waals surface area contributed by atoms with Crippen LogP contribution in [0.1, 0.15) is 39.5 Å². The molecule has 24 heavy (non-hydrogen) atoms. The van der Waals surface area contributed by atoms with Gasteiger partial charge in [-0.25, -0.2) is 13.1 Å². The molecule has 0 saturated heterocycles. The second-order valence-corrected chi connectivity index (χ2v) is 9.10. The zero-order valence-electron chi connectivity index (χ0n) is 14.5. The average molecular weight is 373 g/mol. The van der Waals surface area contributed by atoms with Gasteiger partial charge < -0.3 is 10.6 Å². The summed E-state index contributed by atoms with van der Waals surface area (Å²) in [7, 11) is -3.39. The van der Waals surface area contributed by atoms with Gasteiger partial charge >= 0.3 is 0 Å². The van der Waals surface area contributed by atoms with Crippen molar-refractivity contribution in [1.82, 2.24) is 15.4 Å². The first-order valence-corrected chi connectivity index (χ1v) is 10.9. The van der Waals surface area contributed by atoms with Crippen LogP contribution in [0.15, 0.2) is 26.7 Å². The van der Waals surface area contributed by atoms with Crippen molar-refractivity contribution in [1.29, 1.82) is 0 Å². The van der Waals surface area contributed by atoms with E-state index in [1.54, 1.807) is 17.5 Å². The number of aliphatic imine (C=N–C) groups is 1. The minimum absolute atomic E-state index is 0.323. The maximum atomic E-state index is 12.0. The lowest BCUT2D eigenvalue weighted by molar-refractivity contribution is 0.139. The summed E-state index contributed by atoms with van der Waals surface area (Å²) >= 11 is 1.22. The molecule has 1 aromatic heterocycles. The Morgan fingerprint density at radius 1 is 1.29 bits per heavy atom. The largest absolute Gasteiger partial charge is 0.357 e. The van der Waals surface area contributed by atoms with Crippen molar-refractivity contribution in [2.75, 3.05) is 26.2 Å². The molecule has 6 nitrogen and oxygen atoms in total. The monoisotopic (exact) mass is 372 g/mol. The minimum atomic E-state index is -3.39. The first-order valence-electron chi connectivity index (χ1n) is 8.57. The molecule has 136 valence electrons. The zero-order chi connectivity index (χ0) is 17.5. The Morgan fingerprint density at radius 3 is 2.62 bits per heavy atom. The lowest BCUT2D eigenvalue weighted by Gasteiger charge is -2.40. The number of hydrogen-bond acceptors (Lipinski definition) is 4. The Labute approximate surface area is 149 Å².